The molecule has 118 valence electrons. The van der Waals surface area contributed by atoms with Crippen LogP contribution in [-0.4, -0.2) is 72.4 Å². The molecule has 21 heavy (non-hydrogen) atoms. The van der Waals surface area contributed by atoms with Crippen molar-refractivity contribution in [2.75, 3.05) is 46.4 Å². The molecule has 0 radical (unpaired) electrons. The molecule has 8 heteroatoms. The molecule has 1 N–H and O–H groups in total. The van der Waals surface area contributed by atoms with Gasteiger partial charge >= 0.3 is 5.00 Å². The predicted molar refractivity (Wildman–Crippen MR) is 80.6 cm³/mol. The zero-order valence-corrected chi connectivity index (χ0v) is 12.9. The number of nitrogens with zero attached hydrogens (tertiary/aromatic N) is 3. The zero-order chi connectivity index (χ0) is 15.2. The largest absolute Gasteiger partial charge is 0.390 e. The van der Waals surface area contributed by atoms with Crippen LogP contribution >= 0.6 is 11.3 Å². The van der Waals surface area contributed by atoms with E-state index in [1.165, 1.54) is 0 Å². The lowest BCUT2D eigenvalue weighted by molar-refractivity contribution is -0.380. The minimum absolute atomic E-state index is 0.160. The molecule has 1 saturated heterocycles. The van der Waals surface area contributed by atoms with Crippen molar-refractivity contribution in [3.05, 3.63) is 27.1 Å². The smallest absolute Gasteiger partial charge is 0.324 e. The number of rotatable bonds is 7. The Hall–Kier alpha value is -1.06. The maximum atomic E-state index is 10.6. The lowest BCUT2D eigenvalue weighted by Crippen LogP contribution is -2.43. The molecule has 0 spiro atoms. The van der Waals surface area contributed by atoms with Crippen LogP contribution in [-0.2, 0) is 11.3 Å². The van der Waals surface area contributed by atoms with Crippen LogP contribution in [0.3, 0.4) is 0 Å². The van der Waals surface area contributed by atoms with Crippen LogP contribution in [0.5, 0.6) is 0 Å². The molecule has 0 bridgehead atoms. The van der Waals surface area contributed by atoms with Gasteiger partial charge in [-0.1, -0.05) is 11.3 Å². The van der Waals surface area contributed by atoms with Crippen LogP contribution in [0.25, 0.3) is 0 Å². The van der Waals surface area contributed by atoms with E-state index in [1.807, 2.05) is 11.9 Å². The van der Waals surface area contributed by atoms with E-state index in [-0.39, 0.29) is 9.92 Å². The molecule has 0 aliphatic carbocycles. The molecule has 1 fully saturated rings. The van der Waals surface area contributed by atoms with Crippen molar-refractivity contribution in [1.82, 2.24) is 9.80 Å². The van der Waals surface area contributed by atoms with Gasteiger partial charge in [-0.2, -0.15) is 0 Å². The van der Waals surface area contributed by atoms with Gasteiger partial charge in [0.25, 0.3) is 0 Å². The number of hydrogen-bond acceptors (Lipinski definition) is 7. The monoisotopic (exact) mass is 315 g/mol. The Balaban J connectivity index is 1.74. The van der Waals surface area contributed by atoms with E-state index in [2.05, 4.69) is 4.90 Å². The number of nitro groups is 1. The number of thiophene rings is 1. The summed E-state index contributed by atoms with van der Waals surface area (Å²) in [6.07, 6.45) is -0.429. The van der Waals surface area contributed by atoms with E-state index in [0.717, 1.165) is 43.2 Å². The summed E-state index contributed by atoms with van der Waals surface area (Å²) >= 11 is 1.14. The van der Waals surface area contributed by atoms with Gasteiger partial charge in [-0.25, -0.2) is 0 Å². The van der Waals surface area contributed by atoms with Crippen LogP contribution in [0.1, 0.15) is 5.56 Å². The standard InChI is InChI=1S/C13H21N3O4S/c1-14(7-11-6-13(16(18)19)21-10-11)8-12(17)9-15-2-4-20-5-3-15/h6,10,12,17H,2-5,7-9H2,1H3. The number of likely N-dealkylation sites (N-methyl/N-ethyl adjacent to an activating group) is 1. The number of aliphatic hydroxyl groups is 1. The Morgan fingerprint density at radius 3 is 2.90 bits per heavy atom. The summed E-state index contributed by atoms with van der Waals surface area (Å²) in [5.41, 5.74) is 0.910. The number of β-amino-alcohol motifs (C(OH)–C–C–N with tert-alkyl or cyclic N) is 1. The first-order valence-corrected chi connectivity index (χ1v) is 7.81. The van der Waals surface area contributed by atoms with Crippen molar-refractivity contribution in [3.8, 4) is 0 Å². The lowest BCUT2D eigenvalue weighted by Gasteiger charge is -2.30. The van der Waals surface area contributed by atoms with E-state index in [4.69, 9.17) is 4.74 Å². The van der Waals surface area contributed by atoms with Gasteiger partial charge in [0.05, 0.1) is 24.2 Å². The Morgan fingerprint density at radius 2 is 2.29 bits per heavy atom. The quantitative estimate of drug-likeness (QED) is 0.592. The van der Waals surface area contributed by atoms with E-state index < -0.39 is 6.10 Å². The second kappa shape index (κ2) is 7.81. The SMILES string of the molecule is CN(Cc1csc([N+](=O)[O-])c1)CC(O)CN1CCOCC1. The van der Waals surface area contributed by atoms with E-state index in [9.17, 15) is 15.2 Å². The average molecular weight is 315 g/mol. The van der Waals surface area contributed by atoms with Crippen LogP contribution in [0.15, 0.2) is 11.4 Å². The summed E-state index contributed by atoms with van der Waals surface area (Å²) in [5.74, 6) is 0. The summed E-state index contributed by atoms with van der Waals surface area (Å²) in [5, 5.41) is 22.7. The number of hydrogen-bond donors (Lipinski definition) is 1. The molecule has 0 saturated carbocycles. The first kappa shape index (κ1) is 16.3. The molecule has 1 atom stereocenters. The second-order valence-corrected chi connectivity index (χ2v) is 6.20. The van der Waals surface area contributed by atoms with Crippen LogP contribution < -0.4 is 0 Å². The molecule has 0 amide bonds. The summed E-state index contributed by atoms with van der Waals surface area (Å²) in [4.78, 5) is 14.4. The fourth-order valence-electron chi connectivity index (χ4n) is 2.42. The summed E-state index contributed by atoms with van der Waals surface area (Å²) in [6, 6.07) is 1.59. The van der Waals surface area contributed by atoms with Gasteiger partial charge < -0.3 is 9.84 Å². The maximum absolute atomic E-state index is 10.6. The number of morpholine rings is 1. The molecule has 2 heterocycles. The summed E-state index contributed by atoms with van der Waals surface area (Å²) in [6.45, 7) is 4.94. The van der Waals surface area contributed by atoms with Gasteiger partial charge in [0.15, 0.2) is 0 Å². The van der Waals surface area contributed by atoms with E-state index in [1.54, 1.807) is 11.4 Å². The van der Waals surface area contributed by atoms with Crippen LogP contribution in [0, 0.1) is 10.1 Å². The van der Waals surface area contributed by atoms with Crippen molar-refractivity contribution in [3.63, 3.8) is 0 Å². The van der Waals surface area contributed by atoms with E-state index >= 15 is 0 Å². The van der Waals surface area contributed by atoms with Crippen LogP contribution in [0.4, 0.5) is 5.00 Å². The molecule has 1 aromatic heterocycles. The van der Waals surface area contributed by atoms with Crippen molar-refractivity contribution in [2.24, 2.45) is 0 Å². The highest BCUT2D eigenvalue weighted by Gasteiger charge is 2.17. The van der Waals surface area contributed by atoms with E-state index in [0.29, 0.717) is 19.6 Å². The normalized spacial score (nSPS) is 18.0. The molecule has 7 nitrogen and oxygen atoms in total. The Kier molecular flexibility index (Phi) is 6.07. The fraction of sp³-hybridized carbons (Fsp3) is 0.692. The Morgan fingerprint density at radius 1 is 1.57 bits per heavy atom. The summed E-state index contributed by atoms with van der Waals surface area (Å²) in [7, 11) is 1.91. The molecule has 1 aliphatic heterocycles. The third-order valence-electron chi connectivity index (χ3n) is 3.37. The first-order valence-electron chi connectivity index (χ1n) is 6.93. The van der Waals surface area contributed by atoms with Gasteiger partial charge in [-0.05, 0) is 12.6 Å². The molecular weight excluding hydrogens is 294 g/mol. The molecule has 1 aromatic rings. The molecule has 1 aliphatic rings. The van der Waals surface area contributed by atoms with Gasteiger partial charge in [-0.15, -0.1) is 0 Å². The molecule has 1 unspecified atom stereocenters. The Bertz CT molecular complexity index is 462. The highest BCUT2D eigenvalue weighted by molar-refractivity contribution is 7.13. The average Bonchev–Trinajstić information content (AvgIpc) is 2.88. The van der Waals surface area contributed by atoms with Gasteiger partial charge in [0.1, 0.15) is 0 Å². The topological polar surface area (TPSA) is 79.1 Å². The molecule has 2 rings (SSSR count). The summed E-state index contributed by atoms with van der Waals surface area (Å²) < 4.78 is 5.28. The number of aliphatic hydroxyl groups excluding tert-OH is 1. The third kappa shape index (κ3) is 5.33. The molecular formula is C13H21N3O4S. The lowest BCUT2D eigenvalue weighted by atomic mass is 10.2. The highest BCUT2D eigenvalue weighted by atomic mass is 32.1. The Labute approximate surface area is 127 Å². The van der Waals surface area contributed by atoms with Crippen molar-refractivity contribution >= 4 is 16.3 Å². The fourth-order valence-corrected chi connectivity index (χ4v) is 3.14. The predicted octanol–water partition coefficient (Wildman–Crippen LogP) is 0.781. The minimum atomic E-state index is -0.429. The minimum Gasteiger partial charge on any atom is -0.390 e. The van der Waals surface area contributed by atoms with Gasteiger partial charge in [0, 0.05) is 44.2 Å². The van der Waals surface area contributed by atoms with Gasteiger partial charge in [0.2, 0.25) is 0 Å². The second-order valence-electron chi connectivity index (χ2n) is 5.31. The molecule has 0 aromatic carbocycles. The van der Waals surface area contributed by atoms with Crippen LogP contribution in [0.2, 0.25) is 0 Å². The van der Waals surface area contributed by atoms with Crippen molar-refractivity contribution < 1.29 is 14.8 Å². The number of ether oxygens (including phenoxy) is 1. The third-order valence-corrected chi connectivity index (χ3v) is 4.30. The highest BCUT2D eigenvalue weighted by Crippen LogP contribution is 2.23. The maximum Gasteiger partial charge on any atom is 0.324 e. The zero-order valence-electron chi connectivity index (χ0n) is 12.1. The van der Waals surface area contributed by atoms with Crippen molar-refractivity contribution in [1.29, 1.82) is 0 Å². The van der Waals surface area contributed by atoms with Crippen molar-refractivity contribution in [2.45, 2.75) is 12.6 Å². The first-order chi connectivity index (χ1) is 10.0. The van der Waals surface area contributed by atoms with Gasteiger partial charge in [-0.3, -0.25) is 19.9 Å².